The molecule has 1 aromatic rings. The molecule has 1 aromatic carbocycles. The zero-order chi connectivity index (χ0) is 14.8. The van der Waals surface area contributed by atoms with Gasteiger partial charge in [0.2, 0.25) is 0 Å². The Kier molecular flexibility index (Phi) is 3.97. The summed E-state index contributed by atoms with van der Waals surface area (Å²) in [6.07, 6.45) is 0.461. The lowest BCUT2D eigenvalue weighted by Crippen LogP contribution is -2.48. The molecule has 2 N–H and O–H groups in total. The van der Waals surface area contributed by atoms with Gasteiger partial charge >= 0.3 is 12.0 Å². The van der Waals surface area contributed by atoms with Crippen LogP contribution in [0.15, 0.2) is 24.3 Å². The molecule has 1 aliphatic heterocycles. The number of carboxylic acids is 1. The van der Waals surface area contributed by atoms with E-state index in [1.54, 1.807) is 4.90 Å². The first-order valence-corrected chi connectivity index (χ1v) is 6.73. The average Bonchev–Trinajstić information content (AvgIpc) is 2.80. The van der Waals surface area contributed by atoms with E-state index in [-0.39, 0.29) is 12.5 Å². The van der Waals surface area contributed by atoms with Gasteiger partial charge in [-0.1, -0.05) is 24.3 Å². The SMILES string of the molecule is CC(C)(CCC(=O)O)NC(=O)N1Cc2ccccc2C1. The minimum atomic E-state index is -0.846. The van der Waals surface area contributed by atoms with E-state index >= 15 is 0 Å². The lowest BCUT2D eigenvalue weighted by atomic mass is 9.99. The van der Waals surface area contributed by atoms with E-state index in [1.165, 1.54) is 11.1 Å². The Morgan fingerprint density at radius 1 is 1.25 bits per heavy atom. The summed E-state index contributed by atoms with van der Waals surface area (Å²) in [6, 6.07) is 7.85. The van der Waals surface area contributed by atoms with Crippen molar-refractivity contribution in [1.29, 1.82) is 0 Å². The van der Waals surface area contributed by atoms with Gasteiger partial charge in [-0.15, -0.1) is 0 Å². The Morgan fingerprint density at radius 2 is 1.80 bits per heavy atom. The second kappa shape index (κ2) is 5.53. The van der Waals surface area contributed by atoms with E-state index in [4.69, 9.17) is 5.11 Å². The van der Waals surface area contributed by atoms with E-state index in [0.29, 0.717) is 19.5 Å². The molecule has 0 spiro atoms. The Bertz CT molecular complexity index is 501. The topological polar surface area (TPSA) is 69.6 Å². The molecule has 0 saturated heterocycles. The molecule has 108 valence electrons. The van der Waals surface area contributed by atoms with E-state index in [2.05, 4.69) is 5.32 Å². The van der Waals surface area contributed by atoms with Gasteiger partial charge in [0.15, 0.2) is 0 Å². The highest BCUT2D eigenvalue weighted by molar-refractivity contribution is 5.76. The van der Waals surface area contributed by atoms with Gasteiger partial charge in [-0.25, -0.2) is 4.79 Å². The molecule has 1 aliphatic rings. The lowest BCUT2D eigenvalue weighted by molar-refractivity contribution is -0.137. The number of rotatable bonds is 4. The number of carbonyl (C=O) groups is 2. The third kappa shape index (κ3) is 3.50. The minimum absolute atomic E-state index is 0.0491. The minimum Gasteiger partial charge on any atom is -0.481 e. The predicted octanol–water partition coefficient (Wildman–Crippen LogP) is 2.36. The number of nitrogens with one attached hydrogen (secondary N) is 1. The van der Waals surface area contributed by atoms with Crippen LogP contribution < -0.4 is 5.32 Å². The summed E-state index contributed by atoms with van der Waals surface area (Å²) in [6.45, 7) is 4.90. The van der Waals surface area contributed by atoms with Gasteiger partial charge in [0.1, 0.15) is 0 Å². The van der Waals surface area contributed by atoms with Crippen molar-refractivity contribution >= 4 is 12.0 Å². The lowest BCUT2D eigenvalue weighted by Gasteiger charge is -2.28. The summed E-state index contributed by atoms with van der Waals surface area (Å²) in [7, 11) is 0. The maximum absolute atomic E-state index is 12.2. The summed E-state index contributed by atoms with van der Waals surface area (Å²) in [4.78, 5) is 24.6. The number of hydrogen-bond acceptors (Lipinski definition) is 2. The van der Waals surface area contributed by atoms with Crippen molar-refractivity contribution in [1.82, 2.24) is 10.2 Å². The number of hydrogen-bond donors (Lipinski definition) is 2. The third-order valence-corrected chi connectivity index (χ3v) is 3.54. The number of amides is 2. The smallest absolute Gasteiger partial charge is 0.318 e. The predicted molar refractivity (Wildman–Crippen MR) is 75.2 cm³/mol. The van der Waals surface area contributed by atoms with Crippen LogP contribution in [0.1, 0.15) is 37.8 Å². The second-order valence-electron chi connectivity index (χ2n) is 5.83. The van der Waals surface area contributed by atoms with Crippen LogP contribution in [0.4, 0.5) is 4.79 Å². The molecule has 0 atom stereocenters. The number of fused-ring (bicyclic) bond motifs is 1. The zero-order valence-electron chi connectivity index (χ0n) is 11.8. The van der Waals surface area contributed by atoms with Crippen LogP contribution >= 0.6 is 0 Å². The quantitative estimate of drug-likeness (QED) is 0.887. The fourth-order valence-electron chi connectivity index (χ4n) is 2.33. The van der Waals surface area contributed by atoms with Crippen molar-refractivity contribution in [2.45, 2.75) is 45.3 Å². The Hall–Kier alpha value is -2.04. The van der Waals surface area contributed by atoms with Gasteiger partial charge < -0.3 is 15.3 Å². The van der Waals surface area contributed by atoms with Crippen molar-refractivity contribution < 1.29 is 14.7 Å². The first kappa shape index (κ1) is 14.4. The molecular formula is C15H20N2O3. The van der Waals surface area contributed by atoms with Crippen LogP contribution in [0.3, 0.4) is 0 Å². The Balaban J connectivity index is 1.92. The molecule has 20 heavy (non-hydrogen) atoms. The number of aliphatic carboxylic acids is 1. The van der Waals surface area contributed by atoms with Gasteiger partial charge in [0, 0.05) is 25.0 Å². The van der Waals surface area contributed by atoms with E-state index in [9.17, 15) is 9.59 Å². The highest BCUT2D eigenvalue weighted by Crippen LogP contribution is 2.23. The molecule has 0 bridgehead atoms. The Labute approximate surface area is 118 Å². The molecule has 1 heterocycles. The van der Waals surface area contributed by atoms with Crippen LogP contribution in [0.2, 0.25) is 0 Å². The van der Waals surface area contributed by atoms with Crippen molar-refractivity contribution in [3.63, 3.8) is 0 Å². The highest BCUT2D eigenvalue weighted by Gasteiger charge is 2.27. The van der Waals surface area contributed by atoms with Crippen molar-refractivity contribution in [2.75, 3.05) is 0 Å². The number of benzene rings is 1. The summed E-state index contributed by atoms with van der Waals surface area (Å²) in [5, 5.41) is 11.6. The van der Waals surface area contributed by atoms with Crippen LogP contribution in [0.5, 0.6) is 0 Å². The molecule has 2 rings (SSSR count). The van der Waals surface area contributed by atoms with Gasteiger partial charge in [0.05, 0.1) is 0 Å². The largest absolute Gasteiger partial charge is 0.481 e. The van der Waals surface area contributed by atoms with Crippen LogP contribution in [0, 0.1) is 0 Å². The molecule has 0 unspecified atom stereocenters. The fraction of sp³-hybridized carbons (Fsp3) is 0.467. The zero-order valence-corrected chi connectivity index (χ0v) is 11.8. The summed E-state index contributed by atoms with van der Waals surface area (Å²) < 4.78 is 0. The van der Waals surface area contributed by atoms with Crippen molar-refractivity contribution in [3.05, 3.63) is 35.4 Å². The molecular weight excluding hydrogens is 256 g/mol. The van der Waals surface area contributed by atoms with Crippen molar-refractivity contribution in [2.24, 2.45) is 0 Å². The summed E-state index contributed by atoms with van der Waals surface area (Å²) in [5.74, 6) is -0.846. The van der Waals surface area contributed by atoms with Crippen LogP contribution in [-0.4, -0.2) is 27.5 Å². The fourth-order valence-corrected chi connectivity index (χ4v) is 2.33. The highest BCUT2D eigenvalue weighted by atomic mass is 16.4. The molecule has 5 nitrogen and oxygen atoms in total. The summed E-state index contributed by atoms with van der Waals surface area (Å²) in [5.41, 5.74) is 1.82. The van der Waals surface area contributed by atoms with Gasteiger partial charge in [0.25, 0.3) is 0 Å². The molecule has 0 aromatic heterocycles. The standard InChI is InChI=1S/C15H20N2O3/c1-15(2,8-7-13(18)19)16-14(20)17-9-11-5-3-4-6-12(11)10-17/h3-6H,7-10H2,1-2H3,(H,16,20)(H,18,19). The number of urea groups is 1. The van der Waals surface area contributed by atoms with Crippen molar-refractivity contribution in [3.8, 4) is 0 Å². The van der Waals surface area contributed by atoms with Crippen LogP contribution in [0.25, 0.3) is 0 Å². The van der Waals surface area contributed by atoms with E-state index in [0.717, 1.165) is 0 Å². The maximum Gasteiger partial charge on any atom is 0.318 e. The van der Waals surface area contributed by atoms with Gasteiger partial charge in [-0.05, 0) is 31.4 Å². The number of carbonyl (C=O) groups excluding carboxylic acids is 1. The average molecular weight is 276 g/mol. The monoisotopic (exact) mass is 276 g/mol. The first-order valence-electron chi connectivity index (χ1n) is 6.73. The molecule has 0 fully saturated rings. The molecule has 0 aliphatic carbocycles. The van der Waals surface area contributed by atoms with Gasteiger partial charge in [-0.2, -0.15) is 0 Å². The molecule has 5 heteroatoms. The van der Waals surface area contributed by atoms with Gasteiger partial charge in [-0.3, -0.25) is 4.79 Å². The van der Waals surface area contributed by atoms with Crippen LogP contribution in [-0.2, 0) is 17.9 Å². The normalized spacial score (nSPS) is 14.0. The second-order valence-corrected chi connectivity index (χ2v) is 5.83. The van der Waals surface area contributed by atoms with E-state index in [1.807, 2.05) is 38.1 Å². The maximum atomic E-state index is 12.2. The van der Waals surface area contributed by atoms with E-state index < -0.39 is 11.5 Å². The first-order chi connectivity index (χ1) is 9.37. The third-order valence-electron chi connectivity index (χ3n) is 3.54. The Morgan fingerprint density at radius 3 is 2.30 bits per heavy atom. The number of nitrogens with zero attached hydrogens (tertiary/aromatic N) is 1. The molecule has 0 saturated carbocycles. The number of carboxylic acid groups (broad SMARTS) is 1. The molecule has 2 amide bonds. The molecule has 0 radical (unpaired) electrons. The summed E-state index contributed by atoms with van der Waals surface area (Å²) >= 11 is 0.